The molecule has 1 atom stereocenters. The number of hydrogen-bond donors (Lipinski definition) is 1. The Bertz CT molecular complexity index is 641. The maximum Gasteiger partial charge on any atom is 0.220 e. The van der Waals surface area contributed by atoms with Crippen LogP contribution in [0.4, 0.5) is 0 Å². The van der Waals surface area contributed by atoms with Gasteiger partial charge in [-0.15, -0.1) is 0 Å². The highest BCUT2D eigenvalue weighted by molar-refractivity contribution is 5.76. The molecule has 1 heterocycles. The molecule has 0 aliphatic heterocycles. The first-order chi connectivity index (χ1) is 10.7. The molecule has 0 bridgehead atoms. The first kappa shape index (κ1) is 15.8. The van der Waals surface area contributed by atoms with Crippen LogP contribution in [0.15, 0.2) is 47.3 Å². The van der Waals surface area contributed by atoms with Gasteiger partial charge in [0.05, 0.1) is 18.6 Å². The lowest BCUT2D eigenvalue weighted by Gasteiger charge is -2.12. The van der Waals surface area contributed by atoms with E-state index in [1.807, 2.05) is 18.2 Å². The van der Waals surface area contributed by atoms with Gasteiger partial charge >= 0.3 is 0 Å². The lowest BCUT2D eigenvalue weighted by Crippen LogP contribution is -2.23. The molecule has 4 heteroatoms. The van der Waals surface area contributed by atoms with Crippen molar-refractivity contribution in [2.45, 2.75) is 26.2 Å². The van der Waals surface area contributed by atoms with E-state index in [0.29, 0.717) is 12.3 Å². The number of amides is 1. The van der Waals surface area contributed by atoms with Crippen molar-refractivity contribution >= 4 is 5.91 Å². The predicted octanol–water partition coefficient (Wildman–Crippen LogP) is 3.55. The van der Waals surface area contributed by atoms with E-state index < -0.39 is 0 Å². The largest absolute Gasteiger partial charge is 0.472 e. The zero-order valence-electron chi connectivity index (χ0n) is 12.7. The fourth-order valence-electron chi connectivity index (χ4n) is 2.42. The van der Waals surface area contributed by atoms with E-state index >= 15 is 0 Å². The quantitative estimate of drug-likeness (QED) is 0.795. The van der Waals surface area contributed by atoms with E-state index in [9.17, 15) is 4.79 Å². The van der Waals surface area contributed by atoms with Crippen molar-refractivity contribution in [2.75, 3.05) is 6.54 Å². The van der Waals surface area contributed by atoms with Crippen LogP contribution in [0.25, 0.3) is 11.1 Å². The molecule has 1 amide bonds. The van der Waals surface area contributed by atoms with Crippen LogP contribution in [0.1, 0.15) is 25.3 Å². The molecule has 0 aliphatic carbocycles. The predicted molar refractivity (Wildman–Crippen MR) is 84.9 cm³/mol. The molecule has 1 N–H and O–H groups in total. The van der Waals surface area contributed by atoms with Crippen molar-refractivity contribution in [3.8, 4) is 17.2 Å². The number of nitriles is 1. The molecule has 0 radical (unpaired) electrons. The summed E-state index contributed by atoms with van der Waals surface area (Å²) in [5.74, 6) is 0.355. The van der Waals surface area contributed by atoms with Gasteiger partial charge in [-0.3, -0.25) is 4.79 Å². The number of carbonyl (C=O) groups excluding carboxylic acids is 1. The fourth-order valence-corrected chi connectivity index (χ4v) is 2.42. The van der Waals surface area contributed by atoms with Crippen LogP contribution >= 0.6 is 0 Å². The highest BCUT2D eigenvalue weighted by Crippen LogP contribution is 2.22. The average Bonchev–Trinajstić information content (AvgIpc) is 3.05. The Labute approximate surface area is 130 Å². The van der Waals surface area contributed by atoms with Crippen LogP contribution in [0.3, 0.4) is 0 Å². The molecular weight excluding hydrogens is 276 g/mol. The zero-order chi connectivity index (χ0) is 15.8. The van der Waals surface area contributed by atoms with Gasteiger partial charge in [0.2, 0.25) is 5.91 Å². The number of rotatable bonds is 7. The second kappa shape index (κ2) is 8.04. The topological polar surface area (TPSA) is 66.0 Å². The monoisotopic (exact) mass is 296 g/mol. The Morgan fingerprint density at radius 1 is 1.36 bits per heavy atom. The molecule has 22 heavy (non-hydrogen) atoms. The van der Waals surface area contributed by atoms with E-state index in [2.05, 4.69) is 30.4 Å². The summed E-state index contributed by atoms with van der Waals surface area (Å²) >= 11 is 0. The maximum atomic E-state index is 11.5. The minimum absolute atomic E-state index is 0.0550. The summed E-state index contributed by atoms with van der Waals surface area (Å²) in [5, 5.41) is 11.0. The molecule has 0 saturated heterocycles. The van der Waals surface area contributed by atoms with E-state index in [-0.39, 0.29) is 12.5 Å². The Morgan fingerprint density at radius 3 is 2.95 bits per heavy atom. The van der Waals surface area contributed by atoms with Gasteiger partial charge in [0, 0.05) is 12.0 Å². The van der Waals surface area contributed by atoms with Crippen molar-refractivity contribution in [2.24, 2.45) is 5.92 Å². The summed E-state index contributed by atoms with van der Waals surface area (Å²) in [6.45, 7) is 2.22. The SMILES string of the molecule is CC(CCC(=O)NCC#N)Cc1cccc(-c2ccoc2)c1. The van der Waals surface area contributed by atoms with E-state index in [0.717, 1.165) is 24.0 Å². The highest BCUT2D eigenvalue weighted by atomic mass is 16.3. The van der Waals surface area contributed by atoms with Gasteiger partial charge in [0.15, 0.2) is 0 Å². The summed E-state index contributed by atoms with van der Waals surface area (Å²) in [7, 11) is 0. The third-order valence-corrected chi connectivity index (χ3v) is 3.59. The van der Waals surface area contributed by atoms with Gasteiger partial charge in [-0.05, 0) is 36.0 Å². The molecule has 1 aromatic carbocycles. The highest BCUT2D eigenvalue weighted by Gasteiger charge is 2.08. The Morgan fingerprint density at radius 2 is 2.23 bits per heavy atom. The van der Waals surface area contributed by atoms with E-state index in [4.69, 9.17) is 9.68 Å². The van der Waals surface area contributed by atoms with Crippen molar-refractivity contribution in [3.05, 3.63) is 48.4 Å². The van der Waals surface area contributed by atoms with Crippen LogP contribution in [0, 0.1) is 17.2 Å². The summed E-state index contributed by atoms with van der Waals surface area (Å²) in [5.41, 5.74) is 3.47. The summed E-state index contributed by atoms with van der Waals surface area (Å²) in [4.78, 5) is 11.5. The molecule has 1 unspecified atom stereocenters. The normalized spacial score (nSPS) is 11.6. The third kappa shape index (κ3) is 4.78. The van der Waals surface area contributed by atoms with E-state index in [1.54, 1.807) is 12.5 Å². The molecule has 114 valence electrons. The molecule has 4 nitrogen and oxygen atoms in total. The number of carbonyl (C=O) groups is 1. The minimum Gasteiger partial charge on any atom is -0.472 e. The van der Waals surface area contributed by atoms with Gasteiger partial charge in [0.25, 0.3) is 0 Å². The van der Waals surface area contributed by atoms with Crippen molar-refractivity contribution < 1.29 is 9.21 Å². The van der Waals surface area contributed by atoms with Gasteiger partial charge in [-0.1, -0.05) is 31.2 Å². The smallest absolute Gasteiger partial charge is 0.220 e. The number of hydrogen-bond acceptors (Lipinski definition) is 3. The van der Waals surface area contributed by atoms with Crippen LogP contribution in [0.5, 0.6) is 0 Å². The lowest BCUT2D eigenvalue weighted by molar-refractivity contribution is -0.121. The van der Waals surface area contributed by atoms with Crippen LogP contribution < -0.4 is 5.32 Å². The number of furan rings is 1. The third-order valence-electron chi connectivity index (χ3n) is 3.59. The molecule has 2 aromatic rings. The van der Waals surface area contributed by atoms with Crippen LogP contribution in [0.2, 0.25) is 0 Å². The maximum absolute atomic E-state index is 11.5. The molecular formula is C18H20N2O2. The summed E-state index contributed by atoms with van der Waals surface area (Å²) in [6, 6.07) is 12.2. The Hall–Kier alpha value is -2.54. The summed E-state index contributed by atoms with van der Waals surface area (Å²) < 4.78 is 5.12. The molecule has 1 aromatic heterocycles. The van der Waals surface area contributed by atoms with Crippen LogP contribution in [-0.2, 0) is 11.2 Å². The lowest BCUT2D eigenvalue weighted by atomic mass is 9.94. The number of benzene rings is 1. The second-order valence-electron chi connectivity index (χ2n) is 5.50. The first-order valence-corrected chi connectivity index (χ1v) is 7.44. The Balaban J connectivity index is 1.87. The van der Waals surface area contributed by atoms with Crippen LogP contribution in [-0.4, -0.2) is 12.5 Å². The Kier molecular flexibility index (Phi) is 5.79. The molecule has 2 rings (SSSR count). The van der Waals surface area contributed by atoms with Crippen molar-refractivity contribution in [3.63, 3.8) is 0 Å². The molecule has 0 spiro atoms. The van der Waals surface area contributed by atoms with Gasteiger partial charge in [0.1, 0.15) is 6.54 Å². The fraction of sp³-hybridized carbons (Fsp3) is 0.333. The number of nitrogens with zero attached hydrogens (tertiary/aromatic N) is 1. The van der Waals surface area contributed by atoms with Gasteiger partial charge in [-0.25, -0.2) is 0 Å². The molecule has 0 aliphatic rings. The average molecular weight is 296 g/mol. The first-order valence-electron chi connectivity index (χ1n) is 7.44. The minimum atomic E-state index is -0.0550. The summed E-state index contributed by atoms with van der Waals surface area (Å²) in [6.07, 6.45) is 5.61. The second-order valence-corrected chi connectivity index (χ2v) is 5.50. The van der Waals surface area contributed by atoms with E-state index in [1.165, 1.54) is 5.56 Å². The standard InChI is InChI=1S/C18H20N2O2/c1-14(5-6-18(21)20-9-8-19)11-15-3-2-4-16(12-15)17-7-10-22-13-17/h2-4,7,10,12-14H,5-6,9,11H2,1H3,(H,20,21). The van der Waals surface area contributed by atoms with Crippen molar-refractivity contribution in [1.29, 1.82) is 5.26 Å². The zero-order valence-corrected chi connectivity index (χ0v) is 12.7. The van der Waals surface area contributed by atoms with Crippen molar-refractivity contribution in [1.82, 2.24) is 5.32 Å². The number of nitrogens with one attached hydrogen (secondary N) is 1. The molecule has 0 saturated carbocycles. The van der Waals surface area contributed by atoms with Gasteiger partial charge < -0.3 is 9.73 Å². The van der Waals surface area contributed by atoms with Gasteiger partial charge in [-0.2, -0.15) is 5.26 Å². The molecule has 0 fully saturated rings.